The first-order chi connectivity index (χ1) is 16.0. The molecule has 0 N–H and O–H groups in total. The fourth-order valence-corrected chi connectivity index (χ4v) is 5.06. The summed E-state index contributed by atoms with van der Waals surface area (Å²) in [6.07, 6.45) is 5.81. The quantitative estimate of drug-likeness (QED) is 0.406. The topological polar surface area (TPSA) is 27.7 Å². The molecule has 2 fully saturated rings. The Morgan fingerprint density at radius 3 is 2.15 bits per heavy atom. The molecule has 0 unspecified atom stereocenters. The maximum absolute atomic E-state index is 14.9. The van der Waals surface area contributed by atoms with Crippen molar-refractivity contribution in [3.63, 3.8) is 0 Å². The van der Waals surface area contributed by atoms with Crippen LogP contribution in [0.4, 0.5) is 17.6 Å². The minimum absolute atomic E-state index is 0.0388. The summed E-state index contributed by atoms with van der Waals surface area (Å²) in [7, 11) is 0. The highest BCUT2D eigenvalue weighted by molar-refractivity contribution is 5.66. The summed E-state index contributed by atoms with van der Waals surface area (Å²) < 4.78 is 71.6. The molecule has 1 saturated heterocycles. The smallest absolute Gasteiger partial charge is 0.228 e. The molecule has 180 valence electrons. The van der Waals surface area contributed by atoms with Crippen molar-refractivity contribution in [3.8, 4) is 16.9 Å². The molecule has 33 heavy (non-hydrogen) atoms. The number of alkyl halides is 1. The zero-order valence-electron chi connectivity index (χ0n) is 18.8. The van der Waals surface area contributed by atoms with Crippen LogP contribution in [0.15, 0.2) is 30.3 Å². The summed E-state index contributed by atoms with van der Waals surface area (Å²) in [5.41, 5.74) is 1.00. The Balaban J connectivity index is 1.38. The molecule has 0 spiro atoms. The van der Waals surface area contributed by atoms with Crippen LogP contribution in [0.2, 0.25) is 0 Å². The Morgan fingerprint density at radius 2 is 1.58 bits per heavy atom. The van der Waals surface area contributed by atoms with Gasteiger partial charge in [-0.15, -0.1) is 0 Å². The van der Waals surface area contributed by atoms with Gasteiger partial charge in [0, 0.05) is 17.4 Å². The molecular weight excluding hydrogens is 436 g/mol. The molecule has 3 nitrogen and oxygen atoms in total. The zero-order chi connectivity index (χ0) is 23.4. The number of halogens is 4. The van der Waals surface area contributed by atoms with Crippen LogP contribution in [0, 0.1) is 29.3 Å². The summed E-state index contributed by atoms with van der Waals surface area (Å²) >= 11 is 0. The second kappa shape index (κ2) is 10.9. The molecule has 0 amide bonds. The van der Waals surface area contributed by atoms with Gasteiger partial charge in [-0.05, 0) is 67.3 Å². The fourth-order valence-electron chi connectivity index (χ4n) is 5.06. The lowest BCUT2D eigenvalue weighted by Crippen LogP contribution is -2.38. The first kappa shape index (κ1) is 24.0. The second-order valence-corrected chi connectivity index (χ2v) is 9.06. The van der Waals surface area contributed by atoms with Gasteiger partial charge in [-0.3, -0.25) is 0 Å². The van der Waals surface area contributed by atoms with Crippen LogP contribution in [0.1, 0.15) is 56.9 Å². The SMILES string of the molecule is CCCC1COC(C2CCC(c3ccc(-c4cc(F)c(OCF)c(F)c4)c(F)c3)CC2)OC1. The monoisotopic (exact) mass is 466 g/mol. The van der Waals surface area contributed by atoms with Gasteiger partial charge in [-0.1, -0.05) is 25.5 Å². The maximum Gasteiger partial charge on any atom is 0.228 e. The van der Waals surface area contributed by atoms with Crippen molar-refractivity contribution in [3.05, 3.63) is 53.3 Å². The van der Waals surface area contributed by atoms with Gasteiger partial charge < -0.3 is 14.2 Å². The first-order valence-corrected chi connectivity index (χ1v) is 11.7. The second-order valence-electron chi connectivity index (χ2n) is 9.06. The van der Waals surface area contributed by atoms with Crippen molar-refractivity contribution >= 4 is 0 Å². The third-order valence-corrected chi connectivity index (χ3v) is 6.82. The predicted octanol–water partition coefficient (Wildman–Crippen LogP) is 7.14. The van der Waals surface area contributed by atoms with E-state index >= 15 is 0 Å². The molecule has 1 aliphatic carbocycles. The van der Waals surface area contributed by atoms with E-state index in [0.717, 1.165) is 69.4 Å². The molecule has 0 atom stereocenters. The van der Waals surface area contributed by atoms with Crippen molar-refractivity contribution < 1.29 is 31.8 Å². The van der Waals surface area contributed by atoms with Crippen LogP contribution in [-0.4, -0.2) is 26.4 Å². The molecule has 2 aromatic rings. The number of hydrogen-bond acceptors (Lipinski definition) is 3. The number of benzene rings is 2. The minimum Gasteiger partial charge on any atom is -0.457 e. The van der Waals surface area contributed by atoms with Crippen molar-refractivity contribution in [2.45, 2.75) is 57.7 Å². The molecule has 1 heterocycles. The predicted molar refractivity (Wildman–Crippen MR) is 117 cm³/mol. The Bertz CT molecular complexity index is 912. The van der Waals surface area contributed by atoms with Crippen molar-refractivity contribution in [2.75, 3.05) is 20.1 Å². The van der Waals surface area contributed by atoms with Crippen LogP contribution in [0.25, 0.3) is 11.1 Å². The van der Waals surface area contributed by atoms with E-state index in [1.165, 1.54) is 6.07 Å². The third-order valence-electron chi connectivity index (χ3n) is 6.82. The van der Waals surface area contributed by atoms with E-state index in [4.69, 9.17) is 9.47 Å². The average Bonchev–Trinajstić information content (AvgIpc) is 2.82. The van der Waals surface area contributed by atoms with Gasteiger partial charge in [0.2, 0.25) is 6.86 Å². The Kier molecular flexibility index (Phi) is 7.91. The van der Waals surface area contributed by atoms with Gasteiger partial charge in [0.15, 0.2) is 23.7 Å². The van der Waals surface area contributed by atoms with E-state index in [-0.39, 0.29) is 23.3 Å². The first-order valence-electron chi connectivity index (χ1n) is 11.7. The number of ether oxygens (including phenoxy) is 3. The minimum atomic E-state index is -1.35. The summed E-state index contributed by atoms with van der Waals surface area (Å²) in [6.45, 7) is 2.33. The largest absolute Gasteiger partial charge is 0.457 e. The van der Waals surface area contributed by atoms with E-state index in [1.807, 2.05) is 6.07 Å². The lowest BCUT2D eigenvalue weighted by atomic mass is 9.78. The summed E-state index contributed by atoms with van der Waals surface area (Å²) in [6, 6.07) is 6.71. The number of rotatable bonds is 7. The standard InChI is InChI=1S/C26H30F4O3/c1-2-3-16-13-31-26(32-14-16)18-6-4-17(5-7-18)19-8-9-21(22(28)10-19)20-11-23(29)25(33-15-27)24(30)12-20/h8-12,16-18,26H,2-7,13-15H2,1H3. The molecular formula is C26H30F4O3. The zero-order valence-corrected chi connectivity index (χ0v) is 18.8. The highest BCUT2D eigenvalue weighted by atomic mass is 19.1. The molecule has 0 aromatic heterocycles. The highest BCUT2D eigenvalue weighted by Gasteiger charge is 2.33. The highest BCUT2D eigenvalue weighted by Crippen LogP contribution is 2.40. The molecule has 0 bridgehead atoms. The molecule has 1 saturated carbocycles. The maximum atomic E-state index is 14.9. The molecule has 2 aliphatic rings. The Hall–Kier alpha value is -2.12. The summed E-state index contributed by atoms with van der Waals surface area (Å²) in [5, 5.41) is 0. The molecule has 4 rings (SSSR count). The van der Waals surface area contributed by atoms with Crippen molar-refractivity contribution in [1.82, 2.24) is 0 Å². The normalized spacial score (nSPS) is 25.7. The summed E-state index contributed by atoms with van der Waals surface area (Å²) in [4.78, 5) is 0. The van der Waals surface area contributed by atoms with Gasteiger partial charge >= 0.3 is 0 Å². The van der Waals surface area contributed by atoms with Gasteiger partial charge in [0.1, 0.15) is 5.82 Å². The van der Waals surface area contributed by atoms with Gasteiger partial charge in [-0.25, -0.2) is 17.6 Å². The van der Waals surface area contributed by atoms with E-state index in [2.05, 4.69) is 11.7 Å². The molecule has 0 radical (unpaired) electrons. The number of hydrogen-bond donors (Lipinski definition) is 0. The third kappa shape index (κ3) is 5.52. The van der Waals surface area contributed by atoms with Crippen LogP contribution in [-0.2, 0) is 9.47 Å². The van der Waals surface area contributed by atoms with Crippen LogP contribution >= 0.6 is 0 Å². The Labute approximate surface area is 192 Å². The lowest BCUT2D eigenvalue weighted by Gasteiger charge is -2.37. The van der Waals surface area contributed by atoms with E-state index in [1.54, 1.807) is 6.07 Å². The van der Waals surface area contributed by atoms with Crippen molar-refractivity contribution in [2.24, 2.45) is 11.8 Å². The molecule has 7 heteroatoms. The van der Waals surface area contributed by atoms with Gasteiger partial charge in [0.25, 0.3) is 0 Å². The fraction of sp³-hybridized carbons (Fsp3) is 0.538. The van der Waals surface area contributed by atoms with Crippen LogP contribution in [0.5, 0.6) is 5.75 Å². The Morgan fingerprint density at radius 1 is 0.909 bits per heavy atom. The average molecular weight is 467 g/mol. The lowest BCUT2D eigenvalue weighted by molar-refractivity contribution is -0.229. The van der Waals surface area contributed by atoms with Crippen LogP contribution in [0.3, 0.4) is 0 Å². The molecule has 2 aromatic carbocycles. The van der Waals surface area contributed by atoms with Gasteiger partial charge in [0.05, 0.1) is 13.2 Å². The van der Waals surface area contributed by atoms with Crippen molar-refractivity contribution in [1.29, 1.82) is 0 Å². The van der Waals surface area contributed by atoms with Crippen LogP contribution < -0.4 is 4.74 Å². The van der Waals surface area contributed by atoms with E-state index in [0.29, 0.717) is 11.8 Å². The van der Waals surface area contributed by atoms with E-state index < -0.39 is 30.1 Å². The van der Waals surface area contributed by atoms with E-state index in [9.17, 15) is 17.6 Å². The molecule has 1 aliphatic heterocycles. The summed E-state index contributed by atoms with van der Waals surface area (Å²) in [5.74, 6) is -2.44. The van der Waals surface area contributed by atoms with Gasteiger partial charge in [-0.2, -0.15) is 0 Å².